The van der Waals surface area contributed by atoms with Crippen molar-refractivity contribution >= 4 is 29.1 Å². The molecule has 0 spiro atoms. The second-order valence-electron chi connectivity index (χ2n) is 4.19. The maximum Gasteiger partial charge on any atom is 0.341 e. The molecule has 0 bridgehead atoms. The zero-order valence-electron chi connectivity index (χ0n) is 11.3. The molecule has 6 nitrogen and oxygen atoms in total. The topological polar surface area (TPSA) is 79.2 Å². The molecule has 0 aliphatic heterocycles. The van der Waals surface area contributed by atoms with Crippen LogP contribution in [-0.4, -0.2) is 32.5 Å². The van der Waals surface area contributed by atoms with Gasteiger partial charge in [0, 0.05) is 19.3 Å². The highest BCUT2D eigenvalue weighted by Crippen LogP contribution is 2.13. The van der Waals surface area contributed by atoms with Crippen LogP contribution in [0.5, 0.6) is 0 Å². The summed E-state index contributed by atoms with van der Waals surface area (Å²) in [4.78, 5) is 11.1. The van der Waals surface area contributed by atoms with Crippen LogP contribution in [-0.2, 0) is 6.54 Å². The molecule has 19 heavy (non-hydrogen) atoms. The number of nitrogens with one attached hydrogen (secondary N) is 2. The van der Waals surface area contributed by atoms with Gasteiger partial charge in [-0.05, 0) is 25.1 Å². The molecule has 0 saturated carbocycles. The fourth-order valence-electron chi connectivity index (χ4n) is 1.50. The number of nitrogens with zero attached hydrogens (tertiary/aromatic N) is 2. The number of carboxylic acids is 1. The number of aromatic nitrogens is 2. The van der Waals surface area contributed by atoms with Crippen molar-refractivity contribution in [3.05, 3.63) is 11.8 Å². The first-order valence-electron chi connectivity index (χ1n) is 6.44. The van der Waals surface area contributed by atoms with E-state index in [0.717, 1.165) is 25.8 Å². The van der Waals surface area contributed by atoms with Crippen molar-refractivity contribution in [3.63, 3.8) is 0 Å². The van der Waals surface area contributed by atoms with Gasteiger partial charge in [0.25, 0.3) is 0 Å². The Morgan fingerprint density at radius 1 is 1.47 bits per heavy atom. The van der Waals surface area contributed by atoms with Crippen molar-refractivity contribution in [1.29, 1.82) is 0 Å². The summed E-state index contributed by atoms with van der Waals surface area (Å²) in [7, 11) is 0. The lowest BCUT2D eigenvalue weighted by Gasteiger charge is -2.07. The standard InChI is InChI=1S/C12H20N4O2S/c1-3-5-7-16-8-9(11(17)18)10(15-16)14-12(19)13-6-4-2/h8H,3-7H2,1-2H3,(H,17,18)(H2,13,14,15,19). The lowest BCUT2D eigenvalue weighted by atomic mass is 10.3. The Hall–Kier alpha value is -1.63. The molecule has 0 amide bonds. The van der Waals surface area contributed by atoms with E-state index in [-0.39, 0.29) is 11.4 Å². The van der Waals surface area contributed by atoms with Crippen LogP contribution in [0.3, 0.4) is 0 Å². The van der Waals surface area contributed by atoms with Crippen LogP contribution in [0.15, 0.2) is 6.20 Å². The highest BCUT2D eigenvalue weighted by Gasteiger charge is 2.16. The fraction of sp³-hybridized carbons (Fsp3) is 0.583. The molecule has 0 aromatic carbocycles. The van der Waals surface area contributed by atoms with Crippen molar-refractivity contribution in [2.24, 2.45) is 0 Å². The van der Waals surface area contributed by atoms with Gasteiger partial charge in [-0.2, -0.15) is 5.10 Å². The minimum atomic E-state index is -1.01. The molecule has 0 saturated heterocycles. The maximum atomic E-state index is 11.1. The zero-order chi connectivity index (χ0) is 14.3. The fourth-order valence-corrected chi connectivity index (χ4v) is 1.69. The van der Waals surface area contributed by atoms with Crippen molar-refractivity contribution in [1.82, 2.24) is 15.1 Å². The Bertz CT molecular complexity index is 445. The van der Waals surface area contributed by atoms with Crippen molar-refractivity contribution in [3.8, 4) is 0 Å². The van der Waals surface area contributed by atoms with E-state index in [0.29, 0.717) is 11.7 Å². The highest BCUT2D eigenvalue weighted by molar-refractivity contribution is 7.80. The number of thiocarbonyl (C=S) groups is 1. The number of carboxylic acid groups (broad SMARTS) is 1. The number of anilines is 1. The van der Waals surface area contributed by atoms with Crippen LogP contribution >= 0.6 is 12.2 Å². The smallest absolute Gasteiger partial charge is 0.341 e. The van der Waals surface area contributed by atoms with Gasteiger partial charge in [0.15, 0.2) is 10.9 Å². The van der Waals surface area contributed by atoms with Gasteiger partial charge in [-0.3, -0.25) is 4.68 Å². The molecule has 0 unspecified atom stereocenters. The van der Waals surface area contributed by atoms with Crippen molar-refractivity contribution in [2.75, 3.05) is 11.9 Å². The maximum absolute atomic E-state index is 11.1. The highest BCUT2D eigenvalue weighted by atomic mass is 32.1. The molecule has 1 aromatic rings. The molecule has 7 heteroatoms. The predicted octanol–water partition coefficient (Wildman–Crippen LogP) is 2.08. The van der Waals surface area contributed by atoms with E-state index < -0.39 is 5.97 Å². The Morgan fingerprint density at radius 2 is 2.21 bits per heavy atom. The summed E-state index contributed by atoms with van der Waals surface area (Å²) in [5.41, 5.74) is 0.136. The first-order valence-corrected chi connectivity index (χ1v) is 6.84. The second kappa shape index (κ2) is 7.73. The van der Waals surface area contributed by atoms with Gasteiger partial charge < -0.3 is 15.7 Å². The van der Waals surface area contributed by atoms with E-state index in [9.17, 15) is 4.79 Å². The molecule has 0 radical (unpaired) electrons. The molecule has 1 heterocycles. The summed E-state index contributed by atoms with van der Waals surface area (Å²) >= 11 is 5.08. The van der Waals surface area contributed by atoms with E-state index in [2.05, 4.69) is 22.7 Å². The molecular weight excluding hydrogens is 264 g/mol. The van der Waals surface area contributed by atoms with Crippen LogP contribution in [0.1, 0.15) is 43.5 Å². The first-order chi connectivity index (χ1) is 9.08. The van der Waals surface area contributed by atoms with Crippen LogP contribution in [0, 0.1) is 0 Å². The Morgan fingerprint density at radius 3 is 2.79 bits per heavy atom. The largest absolute Gasteiger partial charge is 0.477 e. The van der Waals surface area contributed by atoms with Gasteiger partial charge in [-0.1, -0.05) is 20.3 Å². The monoisotopic (exact) mass is 284 g/mol. The SMILES string of the molecule is CCCCn1cc(C(=O)O)c(NC(=S)NCCC)n1. The third kappa shape index (κ3) is 4.86. The Labute approximate surface area is 118 Å². The number of carbonyl (C=O) groups is 1. The lowest BCUT2D eigenvalue weighted by molar-refractivity contribution is 0.0698. The molecule has 1 aromatic heterocycles. The zero-order valence-corrected chi connectivity index (χ0v) is 12.1. The summed E-state index contributed by atoms with van der Waals surface area (Å²) in [5, 5.41) is 19.6. The molecule has 0 fully saturated rings. The first kappa shape index (κ1) is 15.4. The molecule has 3 N–H and O–H groups in total. The van der Waals surface area contributed by atoms with Crippen molar-refractivity contribution < 1.29 is 9.90 Å². The lowest BCUT2D eigenvalue weighted by Crippen LogP contribution is -2.29. The third-order valence-electron chi connectivity index (χ3n) is 2.50. The molecule has 0 aliphatic carbocycles. The number of aryl methyl sites for hydroxylation is 1. The van der Waals surface area contributed by atoms with Crippen LogP contribution in [0.4, 0.5) is 5.82 Å². The Kier molecular flexibility index (Phi) is 6.27. The van der Waals surface area contributed by atoms with Crippen LogP contribution < -0.4 is 10.6 Å². The van der Waals surface area contributed by atoms with Gasteiger partial charge in [-0.25, -0.2) is 4.79 Å². The minimum Gasteiger partial charge on any atom is -0.477 e. The predicted molar refractivity (Wildman–Crippen MR) is 78.6 cm³/mol. The average molecular weight is 284 g/mol. The normalized spacial score (nSPS) is 10.2. The van der Waals surface area contributed by atoms with E-state index in [1.807, 2.05) is 6.92 Å². The number of unbranched alkanes of at least 4 members (excludes halogenated alkanes) is 1. The number of hydrogen-bond acceptors (Lipinski definition) is 3. The number of aromatic carboxylic acids is 1. The Balaban J connectivity index is 2.76. The molecule has 0 atom stereocenters. The molecular formula is C12H20N4O2S. The third-order valence-corrected chi connectivity index (χ3v) is 2.75. The van der Waals surface area contributed by atoms with Gasteiger partial charge in [0.2, 0.25) is 0 Å². The van der Waals surface area contributed by atoms with Gasteiger partial charge in [-0.15, -0.1) is 0 Å². The second-order valence-corrected chi connectivity index (χ2v) is 4.60. The summed E-state index contributed by atoms with van der Waals surface area (Å²) < 4.78 is 1.64. The summed E-state index contributed by atoms with van der Waals surface area (Å²) in [6.45, 7) is 5.54. The summed E-state index contributed by atoms with van der Waals surface area (Å²) in [6, 6.07) is 0. The average Bonchev–Trinajstić information content (AvgIpc) is 2.77. The quantitative estimate of drug-likeness (QED) is 0.665. The van der Waals surface area contributed by atoms with E-state index >= 15 is 0 Å². The van der Waals surface area contributed by atoms with E-state index in [1.165, 1.54) is 6.20 Å². The minimum absolute atomic E-state index is 0.136. The molecule has 0 aliphatic rings. The molecule has 1 rings (SSSR count). The van der Waals surface area contributed by atoms with Gasteiger partial charge in [0.05, 0.1) is 0 Å². The molecule has 106 valence electrons. The van der Waals surface area contributed by atoms with Crippen LogP contribution in [0.2, 0.25) is 0 Å². The van der Waals surface area contributed by atoms with Gasteiger partial charge in [0.1, 0.15) is 5.56 Å². The van der Waals surface area contributed by atoms with Gasteiger partial charge >= 0.3 is 5.97 Å². The van der Waals surface area contributed by atoms with E-state index in [1.54, 1.807) is 4.68 Å². The van der Waals surface area contributed by atoms with E-state index in [4.69, 9.17) is 17.3 Å². The van der Waals surface area contributed by atoms with Crippen molar-refractivity contribution in [2.45, 2.75) is 39.7 Å². The summed E-state index contributed by atoms with van der Waals surface area (Å²) in [6.07, 6.45) is 4.46. The number of rotatable bonds is 7. The summed E-state index contributed by atoms with van der Waals surface area (Å²) in [5.74, 6) is -0.722. The number of hydrogen-bond donors (Lipinski definition) is 3. The van der Waals surface area contributed by atoms with Crippen LogP contribution in [0.25, 0.3) is 0 Å².